The van der Waals surface area contributed by atoms with Crippen LogP contribution in [0.2, 0.25) is 0 Å². The largest absolute Gasteiger partial charge is 0.321 e. The maximum atomic E-state index is 4.07. The van der Waals surface area contributed by atoms with Crippen LogP contribution in [-0.4, -0.2) is 21.3 Å². The summed E-state index contributed by atoms with van der Waals surface area (Å²) in [7, 11) is 1.97. The highest BCUT2D eigenvalue weighted by Crippen LogP contribution is 2.21. The van der Waals surface area contributed by atoms with E-state index >= 15 is 0 Å². The van der Waals surface area contributed by atoms with E-state index in [1.54, 1.807) is 6.33 Å². The van der Waals surface area contributed by atoms with Gasteiger partial charge in [-0.25, -0.2) is 0 Å². The normalized spacial score (nSPS) is 12.9. The van der Waals surface area contributed by atoms with E-state index in [1.807, 2.05) is 23.0 Å². The van der Waals surface area contributed by atoms with Gasteiger partial charge in [-0.05, 0) is 26.0 Å². The lowest BCUT2D eigenvalue weighted by Crippen LogP contribution is -2.21. The van der Waals surface area contributed by atoms with Gasteiger partial charge in [0.1, 0.15) is 12.2 Å². The summed E-state index contributed by atoms with van der Waals surface area (Å²) in [6, 6.07) is 4.77. The molecule has 2 rings (SSSR count). The van der Waals surface area contributed by atoms with Gasteiger partial charge in [-0.1, -0.05) is 0 Å². The van der Waals surface area contributed by atoms with Crippen molar-refractivity contribution >= 4 is 11.3 Å². The molecule has 0 saturated heterocycles. The molecular formula is C12H18N4S. The molecule has 2 heterocycles. The number of aryl methyl sites for hydroxylation is 2. The smallest absolute Gasteiger partial charge is 0.133 e. The zero-order valence-electron chi connectivity index (χ0n) is 10.5. The fourth-order valence-electron chi connectivity index (χ4n) is 1.72. The minimum Gasteiger partial charge on any atom is -0.321 e. The molecule has 2 aromatic rings. The minimum absolute atomic E-state index is 0.405. The minimum atomic E-state index is 0.405. The SMILES string of the molecule is Cc1ccc(C(C)NCCc2nncn2C)s1. The van der Waals surface area contributed by atoms with Crippen molar-refractivity contribution < 1.29 is 0 Å². The Morgan fingerprint density at radius 1 is 1.47 bits per heavy atom. The molecule has 0 aromatic carbocycles. The van der Waals surface area contributed by atoms with E-state index in [0.29, 0.717) is 6.04 Å². The number of nitrogens with one attached hydrogen (secondary N) is 1. The summed E-state index contributed by atoms with van der Waals surface area (Å²) in [5, 5.41) is 11.4. The van der Waals surface area contributed by atoms with Crippen LogP contribution in [0.25, 0.3) is 0 Å². The van der Waals surface area contributed by atoms with Gasteiger partial charge < -0.3 is 9.88 Å². The number of hydrogen-bond acceptors (Lipinski definition) is 4. The maximum absolute atomic E-state index is 4.07. The summed E-state index contributed by atoms with van der Waals surface area (Å²) >= 11 is 1.85. The van der Waals surface area contributed by atoms with Crippen molar-refractivity contribution in [2.24, 2.45) is 7.05 Å². The zero-order chi connectivity index (χ0) is 12.3. The van der Waals surface area contributed by atoms with Gasteiger partial charge in [-0.2, -0.15) is 0 Å². The predicted molar refractivity (Wildman–Crippen MR) is 70.2 cm³/mol. The first-order valence-corrected chi connectivity index (χ1v) is 6.61. The molecule has 1 unspecified atom stereocenters. The van der Waals surface area contributed by atoms with Crippen LogP contribution in [0.4, 0.5) is 0 Å². The standard InChI is InChI=1S/C12H18N4S/c1-9-4-5-11(17-9)10(2)13-7-6-12-15-14-8-16(12)3/h4-5,8,10,13H,6-7H2,1-3H3. The summed E-state index contributed by atoms with van der Waals surface area (Å²) in [5.41, 5.74) is 0. The molecule has 1 atom stereocenters. The Morgan fingerprint density at radius 3 is 2.88 bits per heavy atom. The molecule has 0 aliphatic rings. The number of nitrogens with zero attached hydrogens (tertiary/aromatic N) is 3. The Kier molecular flexibility index (Phi) is 3.91. The van der Waals surface area contributed by atoms with E-state index in [9.17, 15) is 0 Å². The molecule has 0 fully saturated rings. The number of aromatic nitrogens is 3. The topological polar surface area (TPSA) is 42.7 Å². The van der Waals surface area contributed by atoms with Crippen molar-refractivity contribution in [1.29, 1.82) is 0 Å². The Morgan fingerprint density at radius 2 is 2.29 bits per heavy atom. The van der Waals surface area contributed by atoms with Crippen LogP contribution in [0.1, 0.15) is 28.5 Å². The molecule has 0 radical (unpaired) electrons. The van der Waals surface area contributed by atoms with Gasteiger partial charge in [-0.3, -0.25) is 0 Å². The van der Waals surface area contributed by atoms with Crippen LogP contribution in [0.5, 0.6) is 0 Å². The second-order valence-electron chi connectivity index (χ2n) is 4.23. The Balaban J connectivity index is 1.81. The van der Waals surface area contributed by atoms with Gasteiger partial charge in [0.25, 0.3) is 0 Å². The summed E-state index contributed by atoms with van der Waals surface area (Å²) in [6.07, 6.45) is 2.65. The Bertz CT molecular complexity index is 474. The molecule has 2 aromatic heterocycles. The molecule has 0 aliphatic carbocycles. The molecule has 92 valence electrons. The predicted octanol–water partition coefficient (Wildman–Crippen LogP) is 2.08. The number of rotatable bonds is 5. The van der Waals surface area contributed by atoms with Crippen molar-refractivity contribution in [3.63, 3.8) is 0 Å². The molecule has 0 saturated carbocycles. The van der Waals surface area contributed by atoms with E-state index in [-0.39, 0.29) is 0 Å². The summed E-state index contributed by atoms with van der Waals surface area (Å²) in [4.78, 5) is 2.75. The van der Waals surface area contributed by atoms with E-state index in [0.717, 1.165) is 18.8 Å². The first kappa shape index (κ1) is 12.3. The van der Waals surface area contributed by atoms with Crippen LogP contribution in [-0.2, 0) is 13.5 Å². The molecule has 0 aliphatic heterocycles. The highest BCUT2D eigenvalue weighted by molar-refractivity contribution is 7.12. The van der Waals surface area contributed by atoms with Gasteiger partial charge in [0, 0.05) is 35.8 Å². The number of hydrogen-bond donors (Lipinski definition) is 1. The second kappa shape index (κ2) is 5.42. The maximum Gasteiger partial charge on any atom is 0.133 e. The summed E-state index contributed by atoms with van der Waals surface area (Å²) in [6.45, 7) is 5.26. The highest BCUT2D eigenvalue weighted by atomic mass is 32.1. The summed E-state index contributed by atoms with van der Waals surface area (Å²) < 4.78 is 1.96. The van der Waals surface area contributed by atoms with E-state index in [2.05, 4.69) is 41.5 Å². The Labute approximate surface area is 106 Å². The van der Waals surface area contributed by atoms with Crippen molar-refractivity contribution in [3.05, 3.63) is 34.0 Å². The van der Waals surface area contributed by atoms with Gasteiger partial charge in [0.05, 0.1) is 0 Å². The van der Waals surface area contributed by atoms with Crippen molar-refractivity contribution in [2.75, 3.05) is 6.54 Å². The fraction of sp³-hybridized carbons (Fsp3) is 0.500. The molecule has 1 N–H and O–H groups in total. The van der Waals surface area contributed by atoms with E-state index in [1.165, 1.54) is 9.75 Å². The van der Waals surface area contributed by atoms with Crippen LogP contribution < -0.4 is 5.32 Å². The molecule has 5 heteroatoms. The molecule has 17 heavy (non-hydrogen) atoms. The van der Waals surface area contributed by atoms with E-state index in [4.69, 9.17) is 0 Å². The van der Waals surface area contributed by atoms with Crippen molar-refractivity contribution in [2.45, 2.75) is 26.3 Å². The van der Waals surface area contributed by atoms with Crippen LogP contribution in [0, 0.1) is 6.92 Å². The monoisotopic (exact) mass is 250 g/mol. The number of thiophene rings is 1. The fourth-order valence-corrected chi connectivity index (χ4v) is 2.62. The van der Waals surface area contributed by atoms with Gasteiger partial charge in [-0.15, -0.1) is 21.5 Å². The highest BCUT2D eigenvalue weighted by Gasteiger charge is 2.07. The van der Waals surface area contributed by atoms with Crippen LogP contribution in [0.3, 0.4) is 0 Å². The van der Waals surface area contributed by atoms with Gasteiger partial charge in [0.15, 0.2) is 0 Å². The van der Waals surface area contributed by atoms with Crippen molar-refractivity contribution in [1.82, 2.24) is 20.1 Å². The Hall–Kier alpha value is -1.20. The zero-order valence-corrected chi connectivity index (χ0v) is 11.3. The van der Waals surface area contributed by atoms with E-state index < -0.39 is 0 Å². The third-order valence-electron chi connectivity index (χ3n) is 2.79. The third-order valence-corrected chi connectivity index (χ3v) is 3.98. The quantitative estimate of drug-likeness (QED) is 0.883. The average Bonchev–Trinajstić information content (AvgIpc) is 2.88. The molecule has 4 nitrogen and oxygen atoms in total. The first-order chi connectivity index (χ1) is 8.16. The lowest BCUT2D eigenvalue weighted by atomic mass is 10.2. The van der Waals surface area contributed by atoms with Crippen LogP contribution in [0.15, 0.2) is 18.5 Å². The molecule has 0 spiro atoms. The van der Waals surface area contributed by atoms with Crippen LogP contribution >= 0.6 is 11.3 Å². The lowest BCUT2D eigenvalue weighted by molar-refractivity contribution is 0.571. The first-order valence-electron chi connectivity index (χ1n) is 5.79. The van der Waals surface area contributed by atoms with Gasteiger partial charge in [0.2, 0.25) is 0 Å². The molecular weight excluding hydrogens is 232 g/mol. The lowest BCUT2D eigenvalue weighted by Gasteiger charge is -2.11. The third kappa shape index (κ3) is 3.14. The summed E-state index contributed by atoms with van der Waals surface area (Å²) in [5.74, 6) is 1.02. The van der Waals surface area contributed by atoms with Gasteiger partial charge >= 0.3 is 0 Å². The second-order valence-corrected chi connectivity index (χ2v) is 5.55. The molecule has 0 bridgehead atoms. The average molecular weight is 250 g/mol. The molecule has 0 amide bonds. The van der Waals surface area contributed by atoms with Crippen molar-refractivity contribution in [3.8, 4) is 0 Å².